The molecule has 0 aliphatic carbocycles. The summed E-state index contributed by atoms with van der Waals surface area (Å²) in [5.74, 6) is -0.155. The molecular weight excluding hydrogens is 405 g/mol. The van der Waals surface area contributed by atoms with Crippen LogP contribution in [0.1, 0.15) is 13.8 Å². The largest absolute Gasteiger partial charge is 0.492 e. The minimum atomic E-state index is -0.537. The van der Waals surface area contributed by atoms with E-state index >= 15 is 0 Å². The monoisotopic (exact) mass is 421 g/mol. The molecule has 3 aromatic rings. The van der Waals surface area contributed by atoms with E-state index in [4.69, 9.17) is 16.3 Å². The van der Waals surface area contributed by atoms with Crippen molar-refractivity contribution in [1.29, 1.82) is 0 Å². The van der Waals surface area contributed by atoms with Crippen LogP contribution < -0.4 is 10.1 Å². The van der Waals surface area contributed by atoms with Crippen LogP contribution in [-0.2, 0) is 4.79 Å². The van der Waals surface area contributed by atoms with Crippen molar-refractivity contribution in [3.8, 4) is 11.4 Å². The van der Waals surface area contributed by atoms with Gasteiger partial charge in [-0.05, 0) is 54.6 Å². The zero-order valence-electron chi connectivity index (χ0n) is 15.1. The summed E-state index contributed by atoms with van der Waals surface area (Å²) in [4.78, 5) is 12.5. The summed E-state index contributed by atoms with van der Waals surface area (Å²) in [7, 11) is 0. The fourth-order valence-corrected chi connectivity index (χ4v) is 3.37. The molecule has 1 heterocycles. The summed E-state index contributed by atoms with van der Waals surface area (Å²) < 4.78 is 20.3. The van der Waals surface area contributed by atoms with E-state index in [1.54, 1.807) is 6.92 Å². The molecule has 7 nitrogen and oxygen atoms in total. The summed E-state index contributed by atoms with van der Waals surface area (Å²) in [6.07, 6.45) is 0. The summed E-state index contributed by atoms with van der Waals surface area (Å²) in [5, 5.41) is 14.4. The molecule has 0 saturated carbocycles. The summed E-state index contributed by atoms with van der Waals surface area (Å²) in [5.41, 5.74) is 1.01. The Morgan fingerprint density at radius 3 is 2.89 bits per heavy atom. The second-order valence-electron chi connectivity index (χ2n) is 5.65. The highest BCUT2D eigenvalue weighted by atomic mass is 35.5. The van der Waals surface area contributed by atoms with E-state index in [1.165, 1.54) is 28.6 Å². The van der Waals surface area contributed by atoms with Crippen LogP contribution in [0.4, 0.5) is 10.1 Å². The van der Waals surface area contributed by atoms with Crippen LogP contribution in [0.2, 0.25) is 5.02 Å². The predicted molar refractivity (Wildman–Crippen MR) is 106 cm³/mol. The molecule has 1 amide bonds. The Kier molecular flexibility index (Phi) is 6.48. The van der Waals surface area contributed by atoms with Gasteiger partial charge in [-0.3, -0.25) is 4.79 Å². The lowest BCUT2D eigenvalue weighted by atomic mass is 10.3. The molecule has 2 aromatic carbocycles. The zero-order chi connectivity index (χ0) is 20.1. The van der Waals surface area contributed by atoms with Crippen LogP contribution in [0.5, 0.6) is 5.75 Å². The molecule has 0 fully saturated rings. The van der Waals surface area contributed by atoms with E-state index in [1.807, 2.05) is 31.2 Å². The number of halogens is 2. The summed E-state index contributed by atoms with van der Waals surface area (Å²) in [6.45, 7) is 4.10. The Morgan fingerprint density at radius 2 is 2.14 bits per heavy atom. The second-order valence-corrected chi connectivity index (χ2v) is 7.36. The lowest BCUT2D eigenvalue weighted by Gasteiger charge is -2.14. The van der Waals surface area contributed by atoms with E-state index in [0.29, 0.717) is 28.9 Å². The number of thioether (sulfide) groups is 1. The van der Waals surface area contributed by atoms with Crippen LogP contribution >= 0.6 is 23.4 Å². The number of nitrogens with zero attached hydrogens (tertiary/aromatic N) is 4. The van der Waals surface area contributed by atoms with Crippen LogP contribution in [0.25, 0.3) is 5.69 Å². The Labute approximate surface area is 170 Å². The van der Waals surface area contributed by atoms with Gasteiger partial charge in [0.25, 0.3) is 0 Å². The lowest BCUT2D eigenvalue weighted by molar-refractivity contribution is -0.115. The third-order valence-corrected chi connectivity index (χ3v) is 5.02. The SMILES string of the molecule is CCOc1ccccc1-n1nnnc1SC(C)C(=O)Nc1ccc(F)cc1Cl. The van der Waals surface area contributed by atoms with E-state index in [-0.39, 0.29) is 10.9 Å². The number of ether oxygens (including phenoxy) is 1. The molecule has 1 unspecified atom stereocenters. The minimum absolute atomic E-state index is 0.126. The molecule has 1 atom stereocenters. The van der Waals surface area contributed by atoms with Gasteiger partial charge in [0.2, 0.25) is 11.1 Å². The maximum atomic E-state index is 13.2. The normalized spacial score (nSPS) is 11.9. The van der Waals surface area contributed by atoms with Gasteiger partial charge in [0, 0.05) is 0 Å². The number of amides is 1. The third kappa shape index (κ3) is 4.60. The van der Waals surface area contributed by atoms with Crippen molar-refractivity contribution in [1.82, 2.24) is 20.2 Å². The molecule has 146 valence electrons. The molecule has 0 aliphatic heterocycles. The summed E-state index contributed by atoms with van der Waals surface area (Å²) in [6, 6.07) is 11.1. The topological polar surface area (TPSA) is 81.9 Å². The van der Waals surface area contributed by atoms with Gasteiger partial charge in [-0.15, -0.1) is 5.10 Å². The molecule has 1 N–H and O–H groups in total. The fourth-order valence-electron chi connectivity index (χ4n) is 2.35. The average Bonchev–Trinajstić information content (AvgIpc) is 3.12. The van der Waals surface area contributed by atoms with Gasteiger partial charge in [-0.2, -0.15) is 4.68 Å². The van der Waals surface area contributed by atoms with Gasteiger partial charge in [-0.25, -0.2) is 4.39 Å². The van der Waals surface area contributed by atoms with E-state index in [0.717, 1.165) is 6.07 Å². The summed E-state index contributed by atoms with van der Waals surface area (Å²) >= 11 is 7.14. The van der Waals surface area contributed by atoms with Crippen molar-refractivity contribution in [2.45, 2.75) is 24.3 Å². The maximum Gasteiger partial charge on any atom is 0.237 e. The first-order valence-electron chi connectivity index (χ1n) is 8.42. The molecule has 28 heavy (non-hydrogen) atoms. The number of carbonyl (C=O) groups excluding carboxylic acids is 1. The molecule has 0 radical (unpaired) electrons. The number of benzene rings is 2. The number of hydrogen-bond donors (Lipinski definition) is 1. The first-order valence-corrected chi connectivity index (χ1v) is 9.68. The number of tetrazole rings is 1. The zero-order valence-corrected chi connectivity index (χ0v) is 16.7. The molecule has 0 spiro atoms. The number of hydrogen-bond acceptors (Lipinski definition) is 6. The van der Waals surface area contributed by atoms with Crippen LogP contribution in [0.15, 0.2) is 47.6 Å². The van der Waals surface area contributed by atoms with Crippen molar-refractivity contribution in [3.63, 3.8) is 0 Å². The Morgan fingerprint density at radius 1 is 1.36 bits per heavy atom. The third-order valence-electron chi connectivity index (χ3n) is 3.67. The highest BCUT2D eigenvalue weighted by molar-refractivity contribution is 8.00. The van der Waals surface area contributed by atoms with Crippen molar-refractivity contribution in [3.05, 3.63) is 53.3 Å². The van der Waals surface area contributed by atoms with Gasteiger partial charge in [0.1, 0.15) is 17.3 Å². The van der Waals surface area contributed by atoms with E-state index in [9.17, 15) is 9.18 Å². The van der Waals surface area contributed by atoms with Gasteiger partial charge < -0.3 is 10.1 Å². The smallest absolute Gasteiger partial charge is 0.237 e. The molecule has 10 heteroatoms. The Balaban J connectivity index is 1.76. The van der Waals surface area contributed by atoms with Crippen molar-refractivity contribution >= 4 is 35.0 Å². The molecule has 0 saturated heterocycles. The number of carbonyl (C=O) groups is 1. The highest BCUT2D eigenvalue weighted by Crippen LogP contribution is 2.29. The number of nitrogens with one attached hydrogen (secondary N) is 1. The standard InChI is InChI=1S/C18H17ClFN5O2S/c1-3-27-16-7-5-4-6-15(16)25-18(22-23-24-25)28-11(2)17(26)21-14-9-8-12(20)10-13(14)19/h4-11H,3H2,1-2H3,(H,21,26). The molecule has 3 rings (SSSR count). The average molecular weight is 422 g/mol. The maximum absolute atomic E-state index is 13.2. The van der Waals surface area contributed by atoms with Gasteiger partial charge in [0.05, 0.1) is 22.6 Å². The minimum Gasteiger partial charge on any atom is -0.492 e. The van der Waals surface area contributed by atoms with Crippen LogP contribution in [0, 0.1) is 5.82 Å². The Hall–Kier alpha value is -2.65. The number of anilines is 1. The number of para-hydroxylation sites is 2. The van der Waals surface area contributed by atoms with Crippen molar-refractivity contribution in [2.24, 2.45) is 0 Å². The van der Waals surface area contributed by atoms with Gasteiger partial charge in [-0.1, -0.05) is 35.5 Å². The quantitative estimate of drug-likeness (QED) is 0.581. The van der Waals surface area contributed by atoms with Crippen LogP contribution in [0.3, 0.4) is 0 Å². The van der Waals surface area contributed by atoms with E-state index < -0.39 is 11.1 Å². The Bertz CT molecular complexity index is 984. The molecule has 0 aliphatic rings. The van der Waals surface area contributed by atoms with E-state index in [2.05, 4.69) is 20.8 Å². The van der Waals surface area contributed by atoms with Gasteiger partial charge >= 0.3 is 0 Å². The second kappa shape index (κ2) is 9.03. The first-order chi connectivity index (χ1) is 13.5. The predicted octanol–water partition coefficient (Wildman–Crippen LogP) is 3.97. The van der Waals surface area contributed by atoms with Crippen LogP contribution in [-0.4, -0.2) is 38.0 Å². The highest BCUT2D eigenvalue weighted by Gasteiger charge is 2.21. The van der Waals surface area contributed by atoms with Crippen molar-refractivity contribution < 1.29 is 13.9 Å². The number of aromatic nitrogens is 4. The molecular formula is C18H17ClFN5O2S. The van der Waals surface area contributed by atoms with Crippen molar-refractivity contribution in [2.75, 3.05) is 11.9 Å². The lowest BCUT2D eigenvalue weighted by Crippen LogP contribution is -2.23. The number of rotatable bonds is 7. The fraction of sp³-hybridized carbons (Fsp3) is 0.222. The molecule has 0 bridgehead atoms. The van der Waals surface area contributed by atoms with Gasteiger partial charge in [0.15, 0.2) is 0 Å². The first kappa shape index (κ1) is 20.1. The molecule has 1 aromatic heterocycles.